The first-order chi connectivity index (χ1) is 11.6. The van der Waals surface area contributed by atoms with Crippen molar-refractivity contribution in [3.63, 3.8) is 0 Å². The number of aromatic nitrogens is 3. The van der Waals surface area contributed by atoms with E-state index in [0.717, 1.165) is 10.9 Å². The number of aromatic amines is 1. The highest BCUT2D eigenvalue weighted by Crippen LogP contribution is 2.40. The first-order valence-electron chi connectivity index (χ1n) is 8.79. The van der Waals surface area contributed by atoms with Crippen LogP contribution < -0.4 is 11.3 Å². The van der Waals surface area contributed by atoms with E-state index in [9.17, 15) is 4.79 Å². The zero-order chi connectivity index (χ0) is 18.9. The Morgan fingerprint density at radius 3 is 2.20 bits per heavy atom. The Morgan fingerprint density at radius 2 is 1.68 bits per heavy atom. The minimum Gasteiger partial charge on any atom is -0.368 e. The molecule has 5 nitrogen and oxygen atoms in total. The second-order valence-electron chi connectivity index (χ2n) is 7.59. The molecule has 0 amide bonds. The Bertz CT molecular complexity index is 881. The van der Waals surface area contributed by atoms with E-state index >= 15 is 0 Å². The van der Waals surface area contributed by atoms with Crippen LogP contribution >= 0.6 is 0 Å². The molecule has 0 fully saturated rings. The van der Waals surface area contributed by atoms with Gasteiger partial charge in [0.25, 0.3) is 5.56 Å². The fraction of sp³-hybridized carbons (Fsp3) is 0.526. The van der Waals surface area contributed by atoms with Gasteiger partial charge in [-0.2, -0.15) is 4.98 Å². The van der Waals surface area contributed by atoms with E-state index in [1.807, 2.05) is 0 Å². The molecular weight excluding hydrogens is 328 g/mol. The number of rotatable bonds is 3. The lowest BCUT2D eigenvalue weighted by Gasteiger charge is -2.38. The lowest BCUT2D eigenvalue weighted by molar-refractivity contribution is 0.838. The number of fused-ring (bicyclic) bond motifs is 1. The normalized spacial score (nSPS) is 12.1. The van der Waals surface area contributed by atoms with Gasteiger partial charge in [-0.15, -0.1) is 5.54 Å². The molecule has 0 aromatic carbocycles. The van der Waals surface area contributed by atoms with Gasteiger partial charge in [-0.3, -0.25) is 4.79 Å². The predicted molar refractivity (Wildman–Crippen MR) is 107 cm³/mol. The molecule has 2 aromatic rings. The van der Waals surface area contributed by atoms with E-state index in [4.69, 9.17) is 5.73 Å². The number of nitrogens with two attached hydrogens (primary N) is 1. The van der Waals surface area contributed by atoms with E-state index in [-0.39, 0.29) is 11.5 Å². The number of hydrogen-bond donors (Lipinski definition) is 2. The van der Waals surface area contributed by atoms with Gasteiger partial charge in [0, 0.05) is 17.3 Å². The number of pyridine rings is 1. The number of anilines is 1. The Labute approximate surface area is 150 Å². The molecule has 2 aromatic heterocycles. The van der Waals surface area contributed by atoms with Gasteiger partial charge in [0.15, 0.2) is 0 Å². The van der Waals surface area contributed by atoms with E-state index in [1.54, 1.807) is 13.1 Å². The van der Waals surface area contributed by atoms with Gasteiger partial charge in [0.2, 0.25) is 5.95 Å². The van der Waals surface area contributed by atoms with Crippen molar-refractivity contribution in [3.05, 3.63) is 27.7 Å². The van der Waals surface area contributed by atoms with Crippen molar-refractivity contribution in [2.75, 3.05) is 5.73 Å². The molecule has 0 unspecified atom stereocenters. The lowest BCUT2D eigenvalue weighted by atomic mass is 10.1. The molecule has 0 aliphatic rings. The minimum absolute atomic E-state index is 0.140. The van der Waals surface area contributed by atoms with Crippen molar-refractivity contribution in [2.24, 2.45) is 0 Å². The van der Waals surface area contributed by atoms with Gasteiger partial charge in [0.1, 0.15) is 13.7 Å². The van der Waals surface area contributed by atoms with Gasteiger partial charge in [-0.1, -0.05) is 47.5 Å². The molecule has 0 saturated heterocycles. The molecule has 0 aliphatic heterocycles. The molecule has 2 heterocycles. The fourth-order valence-corrected chi connectivity index (χ4v) is 9.16. The van der Waals surface area contributed by atoms with Gasteiger partial charge < -0.3 is 10.7 Å². The summed E-state index contributed by atoms with van der Waals surface area (Å²) in [5.41, 5.74) is 12.5. The summed E-state index contributed by atoms with van der Waals surface area (Å²) >= 11 is 0. The second-order valence-corrected chi connectivity index (χ2v) is 13.2. The third-order valence-electron chi connectivity index (χ3n) is 5.29. The molecule has 134 valence electrons. The maximum Gasteiger partial charge on any atom is 0.253 e. The van der Waals surface area contributed by atoms with Crippen molar-refractivity contribution in [2.45, 2.75) is 65.1 Å². The molecule has 25 heavy (non-hydrogen) atoms. The summed E-state index contributed by atoms with van der Waals surface area (Å²) in [5.74, 6) is 3.51. The molecule has 0 spiro atoms. The number of hydrogen-bond acceptors (Lipinski definition) is 4. The third kappa shape index (κ3) is 3.34. The number of nitrogens with zero attached hydrogens (tertiary/aromatic N) is 2. The number of nitrogens with one attached hydrogen (secondary N) is 1. The molecular formula is C19H28N4OSi. The average molecular weight is 357 g/mol. The molecule has 0 radical (unpaired) electrons. The molecule has 3 N–H and O–H groups in total. The summed E-state index contributed by atoms with van der Waals surface area (Å²) in [6.07, 6.45) is 1.65. The zero-order valence-corrected chi connectivity index (χ0v) is 17.2. The van der Waals surface area contributed by atoms with E-state index < -0.39 is 8.07 Å². The summed E-state index contributed by atoms with van der Waals surface area (Å²) in [6, 6.07) is 0. The summed E-state index contributed by atoms with van der Waals surface area (Å²) in [4.78, 5) is 23.3. The van der Waals surface area contributed by atoms with Crippen molar-refractivity contribution < 1.29 is 0 Å². The number of H-pyrrole nitrogens is 1. The van der Waals surface area contributed by atoms with E-state index in [2.05, 4.69) is 68.0 Å². The molecule has 0 atom stereocenters. The monoisotopic (exact) mass is 356 g/mol. The predicted octanol–water partition coefficient (Wildman–Crippen LogP) is 3.78. The first kappa shape index (κ1) is 19.2. The maximum atomic E-state index is 12.3. The smallest absolute Gasteiger partial charge is 0.253 e. The van der Waals surface area contributed by atoms with E-state index in [0.29, 0.717) is 27.8 Å². The highest BCUT2D eigenvalue weighted by molar-refractivity contribution is 6.90. The van der Waals surface area contributed by atoms with Crippen molar-refractivity contribution in [3.8, 4) is 11.5 Å². The Balaban J connectivity index is 2.78. The SMILES string of the molecule is Cc1c(C#C[Si](C(C)C)(C(C)C)C(C)C)c2cnc(N)nc2[nH]c1=O. The molecule has 2 rings (SSSR count). The van der Waals surface area contributed by atoms with Gasteiger partial charge in [0.05, 0.1) is 5.39 Å². The molecule has 0 aliphatic carbocycles. The van der Waals surface area contributed by atoms with E-state index in [1.165, 1.54) is 0 Å². The summed E-state index contributed by atoms with van der Waals surface area (Å²) in [7, 11) is -1.89. The van der Waals surface area contributed by atoms with Crippen LogP contribution in [-0.4, -0.2) is 23.0 Å². The van der Waals surface area contributed by atoms with Crippen molar-refractivity contribution >= 4 is 25.1 Å². The number of nitrogen functional groups attached to an aromatic ring is 1. The largest absolute Gasteiger partial charge is 0.368 e. The maximum absolute atomic E-state index is 12.3. The standard InChI is InChI=1S/C19H28N4OSi/c1-11(2)25(12(3)4,13(5)6)9-8-15-14(7)18(24)22-17-16(15)10-21-19(20)23-17/h10-13H,1-7H3,(H3,20,21,22,23,24). The highest BCUT2D eigenvalue weighted by atomic mass is 28.3. The zero-order valence-electron chi connectivity index (χ0n) is 16.2. The van der Waals surface area contributed by atoms with Crippen molar-refractivity contribution in [1.82, 2.24) is 15.0 Å². The Morgan fingerprint density at radius 1 is 1.12 bits per heavy atom. The fourth-order valence-electron chi connectivity index (χ4n) is 3.96. The molecule has 0 bridgehead atoms. The van der Waals surface area contributed by atoms with Gasteiger partial charge >= 0.3 is 0 Å². The van der Waals surface area contributed by atoms with Crippen LogP contribution in [-0.2, 0) is 0 Å². The third-order valence-corrected chi connectivity index (χ3v) is 11.6. The van der Waals surface area contributed by atoms with Gasteiger partial charge in [-0.05, 0) is 23.5 Å². The van der Waals surface area contributed by atoms with Crippen LogP contribution in [0.4, 0.5) is 5.95 Å². The van der Waals surface area contributed by atoms with Crippen LogP contribution in [0.3, 0.4) is 0 Å². The summed E-state index contributed by atoms with van der Waals surface area (Å²) in [6.45, 7) is 15.4. The quantitative estimate of drug-likeness (QED) is 0.647. The highest BCUT2D eigenvalue weighted by Gasteiger charge is 2.41. The van der Waals surface area contributed by atoms with Crippen LogP contribution in [0.1, 0.15) is 52.7 Å². The topological polar surface area (TPSA) is 84.7 Å². The second kappa shape index (κ2) is 7.01. The van der Waals surface area contributed by atoms with Crippen LogP contribution in [0.2, 0.25) is 16.6 Å². The van der Waals surface area contributed by atoms with Crippen LogP contribution in [0, 0.1) is 18.4 Å². The average Bonchev–Trinajstić information content (AvgIpc) is 2.50. The lowest BCUT2D eigenvalue weighted by Crippen LogP contribution is -2.43. The van der Waals surface area contributed by atoms with Crippen molar-refractivity contribution in [1.29, 1.82) is 0 Å². The summed E-state index contributed by atoms with van der Waals surface area (Å²) < 4.78 is 0. The summed E-state index contributed by atoms with van der Waals surface area (Å²) in [5, 5.41) is 0.748. The Hall–Kier alpha value is -2.13. The van der Waals surface area contributed by atoms with Crippen LogP contribution in [0.5, 0.6) is 0 Å². The minimum atomic E-state index is -1.89. The molecule has 0 saturated carbocycles. The Kier molecular flexibility index (Phi) is 5.38. The van der Waals surface area contributed by atoms with Crippen LogP contribution in [0.25, 0.3) is 11.0 Å². The first-order valence-corrected chi connectivity index (χ1v) is 11.0. The van der Waals surface area contributed by atoms with Crippen LogP contribution in [0.15, 0.2) is 11.0 Å². The van der Waals surface area contributed by atoms with Gasteiger partial charge in [-0.25, -0.2) is 4.98 Å². The molecule has 6 heteroatoms.